The number of imidazole rings is 1. The van der Waals surface area contributed by atoms with E-state index in [1.165, 1.54) is 11.3 Å². The van der Waals surface area contributed by atoms with Gasteiger partial charge in [0.1, 0.15) is 0 Å². The lowest BCUT2D eigenvalue weighted by Gasteiger charge is -1.93. The Morgan fingerprint density at radius 3 is 2.94 bits per heavy atom. The molecule has 0 saturated heterocycles. The minimum atomic E-state index is 0.0946. The van der Waals surface area contributed by atoms with Crippen LogP contribution in [0.4, 0.5) is 0 Å². The summed E-state index contributed by atoms with van der Waals surface area (Å²) in [5.74, 6) is 0.0946. The van der Waals surface area contributed by atoms with Crippen LogP contribution in [0, 0.1) is 0 Å². The van der Waals surface area contributed by atoms with E-state index < -0.39 is 0 Å². The first-order chi connectivity index (χ1) is 8.63. The summed E-state index contributed by atoms with van der Waals surface area (Å²) >= 11 is 9.78. The van der Waals surface area contributed by atoms with E-state index in [1.807, 2.05) is 28.2 Å². The molecule has 0 unspecified atom stereocenters. The molecule has 0 aromatic carbocycles. The monoisotopic (exact) mass is 404 g/mol. The zero-order valence-electron chi connectivity index (χ0n) is 8.89. The molecule has 3 aromatic rings. The highest BCUT2D eigenvalue weighted by Crippen LogP contribution is 2.33. The summed E-state index contributed by atoms with van der Waals surface area (Å²) in [5.41, 5.74) is 0.812. The maximum atomic E-state index is 12.1. The lowest BCUT2D eigenvalue weighted by Crippen LogP contribution is -2.01. The van der Waals surface area contributed by atoms with E-state index in [0.29, 0.717) is 6.42 Å². The number of thiazole rings is 1. The Morgan fingerprint density at radius 1 is 1.44 bits per heavy atom. The largest absolute Gasteiger partial charge is 0.297 e. The molecule has 0 radical (unpaired) electrons. The van der Waals surface area contributed by atoms with Gasteiger partial charge < -0.3 is 0 Å². The maximum absolute atomic E-state index is 12.1. The van der Waals surface area contributed by atoms with Crippen molar-refractivity contribution >= 4 is 65.3 Å². The Labute approximate surface area is 128 Å². The third-order valence-electron chi connectivity index (χ3n) is 2.40. The van der Waals surface area contributed by atoms with E-state index >= 15 is 0 Å². The van der Waals surface area contributed by atoms with Gasteiger partial charge in [-0.3, -0.25) is 9.20 Å². The highest BCUT2D eigenvalue weighted by atomic mass is 79.9. The molecular formula is C11H6Br2N2OS2. The number of Topliss-reactive ketones (excluding diaryl/α,β-unsaturated/α-hetero) is 1. The second-order valence-corrected chi connectivity index (χ2v) is 7.75. The normalized spacial score (nSPS) is 11.2. The van der Waals surface area contributed by atoms with Gasteiger partial charge in [0.15, 0.2) is 10.7 Å². The summed E-state index contributed by atoms with van der Waals surface area (Å²) in [5, 5.41) is 1.97. The molecule has 0 saturated carbocycles. The summed E-state index contributed by atoms with van der Waals surface area (Å²) in [6, 6.07) is 1.84. The fraction of sp³-hybridized carbons (Fsp3) is 0.0909. The van der Waals surface area contributed by atoms with Crippen molar-refractivity contribution in [2.45, 2.75) is 6.42 Å². The van der Waals surface area contributed by atoms with Gasteiger partial charge in [-0.2, -0.15) is 0 Å². The van der Waals surface area contributed by atoms with Crippen molar-refractivity contribution in [2.24, 2.45) is 0 Å². The van der Waals surface area contributed by atoms with Crippen LogP contribution in [-0.4, -0.2) is 15.2 Å². The van der Waals surface area contributed by atoms with Crippen LogP contribution in [0.5, 0.6) is 0 Å². The molecule has 0 aliphatic heterocycles. The fourth-order valence-corrected chi connectivity index (χ4v) is 4.29. The second-order valence-electron chi connectivity index (χ2n) is 3.66. The first kappa shape index (κ1) is 12.5. The number of halogens is 2. The molecule has 0 aliphatic carbocycles. The number of rotatable bonds is 3. The molecule has 0 bridgehead atoms. The van der Waals surface area contributed by atoms with Crippen LogP contribution in [-0.2, 0) is 6.42 Å². The quantitative estimate of drug-likeness (QED) is 0.605. The van der Waals surface area contributed by atoms with Crippen molar-refractivity contribution in [3.63, 3.8) is 0 Å². The summed E-state index contributed by atoms with van der Waals surface area (Å²) < 4.78 is 3.80. The Hall–Kier alpha value is -0.500. The average molecular weight is 406 g/mol. The van der Waals surface area contributed by atoms with Gasteiger partial charge in [-0.25, -0.2) is 4.98 Å². The Morgan fingerprint density at radius 2 is 2.28 bits per heavy atom. The third-order valence-corrected chi connectivity index (χ3v) is 6.47. The average Bonchev–Trinajstić information content (AvgIpc) is 2.95. The van der Waals surface area contributed by atoms with Crippen LogP contribution in [0.1, 0.15) is 15.4 Å². The first-order valence-electron chi connectivity index (χ1n) is 5.02. The van der Waals surface area contributed by atoms with Crippen LogP contribution in [0.15, 0.2) is 32.1 Å². The van der Waals surface area contributed by atoms with E-state index in [4.69, 9.17) is 0 Å². The van der Waals surface area contributed by atoms with Crippen molar-refractivity contribution in [3.8, 4) is 0 Å². The van der Waals surface area contributed by atoms with E-state index in [9.17, 15) is 4.79 Å². The molecule has 0 fully saturated rings. The summed E-state index contributed by atoms with van der Waals surface area (Å²) in [6.45, 7) is 0. The SMILES string of the molecule is O=C(Cc1cn2ccsc2n1)c1cc(Br)c(Br)s1. The molecule has 7 heteroatoms. The third kappa shape index (κ3) is 2.32. The molecule has 3 nitrogen and oxygen atoms in total. The van der Waals surface area contributed by atoms with Gasteiger partial charge >= 0.3 is 0 Å². The lowest BCUT2D eigenvalue weighted by molar-refractivity contribution is 0.0996. The number of carbonyl (C=O) groups is 1. The molecule has 3 aromatic heterocycles. The lowest BCUT2D eigenvalue weighted by atomic mass is 10.2. The number of ketones is 1. The fourth-order valence-electron chi connectivity index (χ4n) is 1.60. The number of fused-ring (bicyclic) bond motifs is 1. The molecule has 3 rings (SSSR count). The molecule has 0 spiro atoms. The smallest absolute Gasteiger partial charge is 0.193 e. The van der Waals surface area contributed by atoms with Gasteiger partial charge in [-0.1, -0.05) is 0 Å². The van der Waals surface area contributed by atoms with Crippen LogP contribution >= 0.6 is 54.5 Å². The van der Waals surface area contributed by atoms with Gasteiger partial charge in [0.05, 0.1) is 20.8 Å². The Balaban J connectivity index is 1.84. The zero-order chi connectivity index (χ0) is 12.7. The van der Waals surface area contributed by atoms with E-state index in [1.54, 1.807) is 11.3 Å². The first-order valence-corrected chi connectivity index (χ1v) is 8.31. The van der Waals surface area contributed by atoms with Gasteiger partial charge in [-0.05, 0) is 37.9 Å². The van der Waals surface area contributed by atoms with Crippen LogP contribution in [0.25, 0.3) is 4.96 Å². The number of carbonyl (C=O) groups excluding carboxylic acids is 1. The van der Waals surface area contributed by atoms with Crippen molar-refractivity contribution in [3.05, 3.63) is 42.7 Å². The van der Waals surface area contributed by atoms with Crippen molar-refractivity contribution in [1.29, 1.82) is 0 Å². The van der Waals surface area contributed by atoms with Gasteiger partial charge in [0.25, 0.3) is 0 Å². The summed E-state index contributed by atoms with van der Waals surface area (Å²) in [6.07, 6.45) is 4.19. The zero-order valence-corrected chi connectivity index (χ0v) is 13.7. The highest BCUT2D eigenvalue weighted by molar-refractivity contribution is 9.13. The van der Waals surface area contributed by atoms with E-state index in [-0.39, 0.29) is 5.78 Å². The number of thiophene rings is 1. The molecule has 0 aliphatic rings. The van der Waals surface area contributed by atoms with Crippen LogP contribution in [0.2, 0.25) is 0 Å². The van der Waals surface area contributed by atoms with Crippen molar-refractivity contribution in [2.75, 3.05) is 0 Å². The van der Waals surface area contributed by atoms with Crippen LogP contribution in [0.3, 0.4) is 0 Å². The number of hydrogen-bond acceptors (Lipinski definition) is 4. The Bertz CT molecular complexity index is 680. The molecule has 3 heterocycles. The number of hydrogen-bond donors (Lipinski definition) is 0. The number of nitrogens with zero attached hydrogens (tertiary/aromatic N) is 2. The maximum Gasteiger partial charge on any atom is 0.193 e. The van der Waals surface area contributed by atoms with Crippen molar-refractivity contribution < 1.29 is 4.79 Å². The molecule has 18 heavy (non-hydrogen) atoms. The van der Waals surface area contributed by atoms with E-state index in [2.05, 4.69) is 36.8 Å². The van der Waals surface area contributed by atoms with Gasteiger partial charge in [0.2, 0.25) is 0 Å². The van der Waals surface area contributed by atoms with Crippen LogP contribution < -0.4 is 0 Å². The second kappa shape index (κ2) is 4.88. The number of aromatic nitrogens is 2. The molecule has 0 N–H and O–H groups in total. The summed E-state index contributed by atoms with van der Waals surface area (Å²) in [4.78, 5) is 18.2. The van der Waals surface area contributed by atoms with Gasteiger partial charge in [-0.15, -0.1) is 22.7 Å². The predicted octanol–water partition coefficient (Wildman–Crippen LogP) is 4.41. The topological polar surface area (TPSA) is 34.4 Å². The molecule has 0 atom stereocenters. The standard InChI is InChI=1S/C11H6Br2N2OS2/c12-7-4-9(18-10(7)13)8(16)3-6-5-15-1-2-17-11(15)14-6/h1-2,4-5H,3H2. The van der Waals surface area contributed by atoms with Gasteiger partial charge in [0, 0.05) is 22.2 Å². The summed E-state index contributed by atoms with van der Waals surface area (Å²) in [7, 11) is 0. The predicted molar refractivity (Wildman–Crippen MR) is 80.8 cm³/mol. The van der Waals surface area contributed by atoms with E-state index in [0.717, 1.165) is 23.8 Å². The minimum absolute atomic E-state index is 0.0946. The van der Waals surface area contributed by atoms with Crippen molar-refractivity contribution in [1.82, 2.24) is 9.38 Å². The Kier molecular flexibility index (Phi) is 3.40. The molecular weight excluding hydrogens is 400 g/mol. The molecule has 92 valence electrons. The molecule has 0 amide bonds. The highest BCUT2D eigenvalue weighted by Gasteiger charge is 2.14. The minimum Gasteiger partial charge on any atom is -0.297 e.